The van der Waals surface area contributed by atoms with Crippen LogP contribution >= 0.6 is 0 Å². The minimum absolute atomic E-state index is 0.129. The highest BCUT2D eigenvalue weighted by Gasteiger charge is 2.13. The Hall–Kier alpha value is -2.10. The van der Waals surface area contributed by atoms with E-state index in [2.05, 4.69) is 4.74 Å². The van der Waals surface area contributed by atoms with Gasteiger partial charge in [0.2, 0.25) is 0 Å². The Morgan fingerprint density at radius 1 is 1.29 bits per heavy atom. The Balaban J connectivity index is 2.82. The maximum absolute atomic E-state index is 11.3. The van der Waals surface area contributed by atoms with Crippen molar-refractivity contribution in [3.8, 4) is 0 Å². The van der Waals surface area contributed by atoms with E-state index in [0.717, 1.165) is 11.6 Å². The number of carbonyl (C=O) groups is 2. The maximum Gasteiger partial charge on any atom is 0.379 e. The first-order valence-corrected chi connectivity index (χ1v) is 5.23. The van der Waals surface area contributed by atoms with Crippen molar-refractivity contribution in [3.05, 3.63) is 41.5 Å². The van der Waals surface area contributed by atoms with Gasteiger partial charge in [0.25, 0.3) is 5.78 Å². The van der Waals surface area contributed by atoms with E-state index in [1.807, 2.05) is 6.92 Å². The van der Waals surface area contributed by atoms with Crippen molar-refractivity contribution in [3.63, 3.8) is 0 Å². The molecule has 0 atom stereocenters. The van der Waals surface area contributed by atoms with Gasteiger partial charge in [-0.2, -0.15) is 0 Å². The van der Waals surface area contributed by atoms with E-state index in [4.69, 9.17) is 0 Å². The lowest BCUT2D eigenvalue weighted by atomic mass is 10.1. The smallest absolute Gasteiger partial charge is 0.379 e. The van der Waals surface area contributed by atoms with Crippen LogP contribution in [0.5, 0.6) is 0 Å². The molecule has 0 aromatic heterocycles. The van der Waals surface area contributed by atoms with Crippen molar-refractivity contribution >= 4 is 17.5 Å². The molecule has 0 saturated carbocycles. The number of esters is 1. The highest BCUT2D eigenvalue weighted by atomic mass is 16.5. The topological polar surface area (TPSA) is 63.6 Å². The molecule has 0 unspecified atom stereocenters. The lowest BCUT2D eigenvalue weighted by Crippen LogP contribution is -2.15. The second-order valence-electron chi connectivity index (χ2n) is 3.48. The zero-order valence-corrected chi connectivity index (χ0v) is 9.77. The fraction of sp³-hybridized carbons (Fsp3) is 0.231. The largest absolute Gasteiger partial charge is 0.507 e. The van der Waals surface area contributed by atoms with Gasteiger partial charge in [0.15, 0.2) is 0 Å². The van der Waals surface area contributed by atoms with Crippen molar-refractivity contribution in [2.45, 2.75) is 13.8 Å². The summed E-state index contributed by atoms with van der Waals surface area (Å²) in [5.41, 5.74) is 1.52. The average molecular weight is 234 g/mol. The number of carbonyl (C=O) groups excluding carboxylic acids is 2. The molecular formula is C13H14O4. The van der Waals surface area contributed by atoms with Crippen LogP contribution in [0.25, 0.3) is 5.76 Å². The molecular weight excluding hydrogens is 220 g/mol. The van der Waals surface area contributed by atoms with Gasteiger partial charge in [0, 0.05) is 11.6 Å². The molecule has 0 spiro atoms. The van der Waals surface area contributed by atoms with Crippen LogP contribution in [0, 0.1) is 6.92 Å². The van der Waals surface area contributed by atoms with E-state index in [0.29, 0.717) is 5.56 Å². The summed E-state index contributed by atoms with van der Waals surface area (Å²) in [5.74, 6) is -2.08. The summed E-state index contributed by atoms with van der Waals surface area (Å²) in [6.45, 7) is 3.65. The number of ether oxygens (including phenoxy) is 1. The Morgan fingerprint density at radius 2 is 1.88 bits per heavy atom. The monoisotopic (exact) mass is 234 g/mol. The van der Waals surface area contributed by atoms with Crippen LogP contribution in [0.1, 0.15) is 18.1 Å². The molecule has 4 heteroatoms. The number of aryl methyl sites for hydroxylation is 1. The maximum atomic E-state index is 11.3. The third-order valence-corrected chi connectivity index (χ3v) is 2.09. The van der Waals surface area contributed by atoms with E-state index >= 15 is 0 Å². The van der Waals surface area contributed by atoms with Crippen LogP contribution in [0.2, 0.25) is 0 Å². The van der Waals surface area contributed by atoms with Crippen LogP contribution in [0.4, 0.5) is 0 Å². The summed E-state index contributed by atoms with van der Waals surface area (Å²) >= 11 is 0. The minimum atomic E-state index is -0.967. The predicted molar refractivity (Wildman–Crippen MR) is 63.4 cm³/mol. The molecule has 0 saturated heterocycles. The number of hydrogen-bond acceptors (Lipinski definition) is 4. The first-order valence-electron chi connectivity index (χ1n) is 5.23. The Labute approximate surface area is 99.5 Å². The Morgan fingerprint density at radius 3 is 2.41 bits per heavy atom. The highest BCUT2D eigenvalue weighted by molar-refractivity contribution is 6.39. The van der Waals surface area contributed by atoms with Crippen molar-refractivity contribution < 1.29 is 19.4 Å². The summed E-state index contributed by atoms with van der Waals surface area (Å²) < 4.78 is 4.52. The van der Waals surface area contributed by atoms with Gasteiger partial charge < -0.3 is 9.84 Å². The van der Waals surface area contributed by atoms with Crippen molar-refractivity contribution in [1.82, 2.24) is 0 Å². The molecule has 0 aliphatic heterocycles. The summed E-state index contributed by atoms with van der Waals surface area (Å²) in [5, 5.41) is 9.63. The van der Waals surface area contributed by atoms with Crippen molar-refractivity contribution in [2.75, 3.05) is 6.61 Å². The SMILES string of the molecule is CCOC(=O)C(=O)/C=C(/O)c1ccc(C)cc1. The van der Waals surface area contributed by atoms with E-state index in [1.54, 1.807) is 31.2 Å². The standard InChI is InChI=1S/C13H14O4/c1-3-17-13(16)12(15)8-11(14)10-6-4-9(2)5-7-10/h4-8,14H,3H2,1-2H3/b11-8+. The van der Waals surface area contributed by atoms with Gasteiger partial charge in [-0.3, -0.25) is 4.79 Å². The number of ketones is 1. The predicted octanol–water partition coefficient (Wildman–Crippen LogP) is 2.03. The molecule has 0 bridgehead atoms. The minimum Gasteiger partial charge on any atom is -0.507 e. The second-order valence-corrected chi connectivity index (χ2v) is 3.48. The van der Waals surface area contributed by atoms with Gasteiger partial charge in [-0.25, -0.2) is 4.79 Å². The molecule has 1 rings (SSSR count). The number of benzene rings is 1. The van der Waals surface area contributed by atoms with Crippen LogP contribution in [-0.2, 0) is 14.3 Å². The lowest BCUT2D eigenvalue weighted by Gasteiger charge is -2.01. The molecule has 0 heterocycles. The van der Waals surface area contributed by atoms with Crippen LogP contribution < -0.4 is 0 Å². The van der Waals surface area contributed by atoms with Crippen molar-refractivity contribution in [2.24, 2.45) is 0 Å². The van der Waals surface area contributed by atoms with Gasteiger partial charge in [-0.15, -0.1) is 0 Å². The number of aliphatic hydroxyl groups is 1. The summed E-state index contributed by atoms with van der Waals surface area (Å²) in [6.07, 6.45) is 0.864. The van der Waals surface area contributed by atoms with Gasteiger partial charge in [0.1, 0.15) is 5.76 Å². The second kappa shape index (κ2) is 5.84. The number of rotatable bonds is 4. The molecule has 0 aliphatic carbocycles. The normalized spacial score (nSPS) is 11.1. The zero-order valence-electron chi connectivity index (χ0n) is 9.77. The lowest BCUT2D eigenvalue weighted by molar-refractivity contribution is -0.151. The van der Waals surface area contributed by atoms with Crippen LogP contribution in [0.3, 0.4) is 0 Å². The molecule has 1 N–H and O–H groups in total. The molecule has 0 amide bonds. The van der Waals surface area contributed by atoms with Gasteiger partial charge in [-0.1, -0.05) is 29.8 Å². The summed E-state index contributed by atoms with van der Waals surface area (Å²) in [4.78, 5) is 22.3. The van der Waals surface area contributed by atoms with Gasteiger partial charge in [-0.05, 0) is 13.8 Å². The first kappa shape index (κ1) is 13.0. The van der Waals surface area contributed by atoms with Crippen LogP contribution in [0.15, 0.2) is 30.3 Å². The summed E-state index contributed by atoms with van der Waals surface area (Å²) in [7, 11) is 0. The average Bonchev–Trinajstić information content (AvgIpc) is 2.30. The molecule has 17 heavy (non-hydrogen) atoms. The highest BCUT2D eigenvalue weighted by Crippen LogP contribution is 2.12. The molecule has 0 fully saturated rings. The van der Waals surface area contributed by atoms with E-state index < -0.39 is 11.8 Å². The van der Waals surface area contributed by atoms with Gasteiger partial charge >= 0.3 is 5.97 Å². The zero-order chi connectivity index (χ0) is 12.8. The molecule has 0 aliphatic rings. The quantitative estimate of drug-likeness (QED) is 0.374. The van der Waals surface area contributed by atoms with E-state index in [1.165, 1.54) is 0 Å². The summed E-state index contributed by atoms with van der Waals surface area (Å²) in [6, 6.07) is 6.93. The van der Waals surface area contributed by atoms with Gasteiger partial charge in [0.05, 0.1) is 6.61 Å². The first-order chi connectivity index (χ1) is 8.04. The Bertz CT molecular complexity index is 443. The van der Waals surface area contributed by atoms with Crippen LogP contribution in [-0.4, -0.2) is 23.5 Å². The van der Waals surface area contributed by atoms with E-state index in [9.17, 15) is 14.7 Å². The molecule has 1 aromatic carbocycles. The number of aliphatic hydroxyl groups excluding tert-OH is 1. The third kappa shape index (κ3) is 3.75. The molecule has 1 aromatic rings. The Kier molecular flexibility index (Phi) is 4.46. The number of hydrogen-bond donors (Lipinski definition) is 1. The molecule has 0 radical (unpaired) electrons. The fourth-order valence-electron chi connectivity index (χ4n) is 1.19. The molecule has 90 valence electrons. The van der Waals surface area contributed by atoms with Crippen molar-refractivity contribution in [1.29, 1.82) is 0 Å². The van der Waals surface area contributed by atoms with E-state index in [-0.39, 0.29) is 12.4 Å². The fourth-order valence-corrected chi connectivity index (χ4v) is 1.19. The third-order valence-electron chi connectivity index (χ3n) is 2.09. The molecule has 4 nitrogen and oxygen atoms in total.